The number of benzene rings is 2. The summed E-state index contributed by atoms with van der Waals surface area (Å²) in [6.45, 7) is 0.637. The van der Waals surface area contributed by atoms with E-state index in [1.807, 2.05) is 48.5 Å². The molecule has 1 N–H and O–H groups in total. The van der Waals surface area contributed by atoms with Crippen LogP contribution in [-0.2, 0) is 27.9 Å². The van der Waals surface area contributed by atoms with Gasteiger partial charge in [-0.3, -0.25) is 14.4 Å². The van der Waals surface area contributed by atoms with Crippen molar-refractivity contribution in [1.82, 2.24) is 19.4 Å². The number of nitrogens with one attached hydrogen (secondary N) is 1. The Labute approximate surface area is 247 Å². The number of hydrogen-bond acceptors (Lipinski definition) is 8. The van der Waals surface area contributed by atoms with Crippen LogP contribution in [0.2, 0.25) is 0 Å². The summed E-state index contributed by atoms with van der Waals surface area (Å²) in [6.07, 6.45) is 0.103. The summed E-state index contributed by atoms with van der Waals surface area (Å²) in [4.78, 5) is 53.0. The van der Waals surface area contributed by atoms with Crippen LogP contribution in [0, 0.1) is 0 Å². The first kappa shape index (κ1) is 29.5. The third-order valence-electron chi connectivity index (χ3n) is 7.86. The summed E-state index contributed by atoms with van der Waals surface area (Å²) in [5.41, 5.74) is 2.11. The second-order valence-corrected chi connectivity index (χ2v) is 10.3. The first-order chi connectivity index (χ1) is 20.8. The summed E-state index contributed by atoms with van der Waals surface area (Å²) >= 11 is 0. The maximum atomic E-state index is 14.1. The number of pyridine rings is 1. The van der Waals surface area contributed by atoms with Crippen LogP contribution in [0.3, 0.4) is 0 Å². The van der Waals surface area contributed by atoms with Crippen molar-refractivity contribution in [3.8, 4) is 11.5 Å². The fourth-order valence-corrected chi connectivity index (χ4v) is 5.74. The third-order valence-corrected chi connectivity index (χ3v) is 7.86. The van der Waals surface area contributed by atoms with Crippen molar-refractivity contribution < 1.29 is 33.3 Å². The van der Waals surface area contributed by atoms with E-state index in [1.165, 1.54) is 14.2 Å². The molecule has 2 aromatic heterocycles. The molecule has 43 heavy (non-hydrogen) atoms. The molecule has 1 fully saturated rings. The molecular weight excluding hydrogens is 556 g/mol. The van der Waals surface area contributed by atoms with Crippen molar-refractivity contribution in [1.29, 1.82) is 0 Å². The van der Waals surface area contributed by atoms with Gasteiger partial charge in [0.05, 0.1) is 38.9 Å². The number of hydrogen-bond donors (Lipinski definition) is 1. The minimum atomic E-state index is -0.918. The molecule has 3 heterocycles. The summed E-state index contributed by atoms with van der Waals surface area (Å²) in [7, 11) is 5.96. The number of methoxy groups -OCH3 is 3. The van der Waals surface area contributed by atoms with Gasteiger partial charge in [-0.05, 0) is 25.0 Å². The molecular formula is C31H34N4O8. The molecule has 2 aromatic carbocycles. The van der Waals surface area contributed by atoms with Crippen LogP contribution in [0.25, 0.3) is 21.8 Å². The molecule has 0 bridgehead atoms. The SMILES string of the molecule is COC(=O)OCC(=O)N1CCC(NC(=O)c2c(OC)c3c(=O)n(Cc4ccccc4OC)c4ccccc4c3n2C)CC1. The highest BCUT2D eigenvalue weighted by atomic mass is 16.7. The molecule has 12 heteroatoms. The third kappa shape index (κ3) is 5.60. The predicted molar refractivity (Wildman–Crippen MR) is 159 cm³/mol. The zero-order chi connectivity index (χ0) is 30.7. The van der Waals surface area contributed by atoms with Crippen LogP contribution in [0.4, 0.5) is 4.79 Å². The zero-order valence-corrected chi connectivity index (χ0v) is 24.5. The molecule has 226 valence electrons. The lowest BCUT2D eigenvalue weighted by atomic mass is 10.0. The van der Waals surface area contributed by atoms with Gasteiger partial charge in [-0.15, -0.1) is 0 Å². The van der Waals surface area contributed by atoms with Gasteiger partial charge in [-0.25, -0.2) is 4.79 Å². The number of aromatic nitrogens is 2. The summed E-state index contributed by atoms with van der Waals surface area (Å²) in [5.74, 6) is 0.158. The van der Waals surface area contributed by atoms with E-state index in [0.29, 0.717) is 48.1 Å². The number of carbonyl (C=O) groups excluding carboxylic acids is 3. The standard InChI is InChI=1S/C31H34N4O8/c1-33-26-21-10-6-7-11-22(21)35(17-19-9-5-8-12-23(19)40-2)30(38)25(26)28(41-3)27(33)29(37)32-20-13-15-34(16-14-20)24(36)18-43-31(39)42-4/h5-12,20H,13-18H2,1-4H3,(H,32,37). The summed E-state index contributed by atoms with van der Waals surface area (Å²) in [6, 6.07) is 14.9. The first-order valence-corrected chi connectivity index (χ1v) is 13.9. The molecule has 1 aliphatic rings. The average Bonchev–Trinajstić information content (AvgIpc) is 3.34. The Morgan fingerprint density at radius 1 is 0.953 bits per heavy atom. The molecule has 0 atom stereocenters. The number of rotatable bonds is 8. The van der Waals surface area contributed by atoms with Gasteiger partial charge >= 0.3 is 6.16 Å². The number of amides is 2. The number of carbonyl (C=O) groups is 3. The van der Waals surface area contributed by atoms with Gasteiger partial charge in [0.15, 0.2) is 18.1 Å². The number of ether oxygens (including phenoxy) is 4. The van der Waals surface area contributed by atoms with Gasteiger partial charge in [0.1, 0.15) is 11.1 Å². The highest BCUT2D eigenvalue weighted by Gasteiger charge is 2.30. The Bertz CT molecular complexity index is 1750. The minimum Gasteiger partial charge on any atom is -0.496 e. The fraction of sp³-hybridized carbons (Fsp3) is 0.355. The smallest absolute Gasteiger partial charge is 0.496 e. The zero-order valence-electron chi connectivity index (χ0n) is 24.5. The first-order valence-electron chi connectivity index (χ1n) is 13.9. The molecule has 1 aliphatic heterocycles. The number of fused-ring (bicyclic) bond motifs is 3. The maximum Gasteiger partial charge on any atom is 0.508 e. The molecule has 4 aromatic rings. The molecule has 0 aliphatic carbocycles. The van der Waals surface area contributed by atoms with Crippen molar-refractivity contribution in [2.24, 2.45) is 7.05 Å². The van der Waals surface area contributed by atoms with Crippen molar-refractivity contribution in [3.63, 3.8) is 0 Å². The highest BCUT2D eigenvalue weighted by Crippen LogP contribution is 2.35. The lowest BCUT2D eigenvalue weighted by molar-refractivity contribution is -0.136. The molecule has 0 radical (unpaired) electrons. The topological polar surface area (TPSA) is 130 Å². The molecule has 12 nitrogen and oxygen atoms in total. The van der Waals surface area contributed by atoms with Gasteiger partial charge in [0.2, 0.25) is 0 Å². The van der Waals surface area contributed by atoms with E-state index >= 15 is 0 Å². The van der Waals surface area contributed by atoms with E-state index in [0.717, 1.165) is 10.9 Å². The van der Waals surface area contributed by atoms with Gasteiger partial charge in [-0.1, -0.05) is 36.4 Å². The van der Waals surface area contributed by atoms with E-state index in [1.54, 1.807) is 28.2 Å². The van der Waals surface area contributed by atoms with Crippen LogP contribution in [0.1, 0.15) is 28.9 Å². The molecule has 0 unspecified atom stereocenters. The van der Waals surface area contributed by atoms with Crippen molar-refractivity contribution in [3.05, 3.63) is 70.1 Å². The minimum absolute atomic E-state index is 0.201. The molecule has 0 saturated carbocycles. The number of likely N-dealkylation sites (tertiary alicyclic amines) is 1. The highest BCUT2D eigenvalue weighted by molar-refractivity contribution is 6.12. The maximum absolute atomic E-state index is 14.1. The lowest BCUT2D eigenvalue weighted by Gasteiger charge is -2.32. The Morgan fingerprint density at radius 2 is 1.65 bits per heavy atom. The normalized spacial score (nSPS) is 13.6. The fourth-order valence-electron chi connectivity index (χ4n) is 5.74. The van der Waals surface area contributed by atoms with Crippen molar-refractivity contribution in [2.45, 2.75) is 25.4 Å². The number of piperidine rings is 1. The Balaban J connectivity index is 1.46. The van der Waals surface area contributed by atoms with Crippen LogP contribution in [0.5, 0.6) is 11.5 Å². The Morgan fingerprint density at radius 3 is 2.35 bits per heavy atom. The second kappa shape index (κ2) is 12.5. The average molecular weight is 591 g/mol. The number of nitrogens with zero attached hydrogens (tertiary/aromatic N) is 3. The number of aryl methyl sites for hydroxylation is 1. The quantitative estimate of drug-likeness (QED) is 0.310. The van der Waals surface area contributed by atoms with Crippen LogP contribution >= 0.6 is 0 Å². The predicted octanol–water partition coefficient (Wildman–Crippen LogP) is 3.06. The lowest BCUT2D eigenvalue weighted by Crippen LogP contribution is -2.47. The van der Waals surface area contributed by atoms with Crippen molar-refractivity contribution >= 4 is 39.8 Å². The van der Waals surface area contributed by atoms with Gasteiger partial charge in [-0.2, -0.15) is 0 Å². The van der Waals surface area contributed by atoms with Crippen LogP contribution in [0.15, 0.2) is 53.3 Å². The van der Waals surface area contributed by atoms with E-state index in [2.05, 4.69) is 10.1 Å². The second-order valence-electron chi connectivity index (χ2n) is 10.3. The molecule has 0 spiro atoms. The largest absolute Gasteiger partial charge is 0.508 e. The van der Waals surface area contributed by atoms with Crippen LogP contribution in [-0.4, -0.2) is 79.1 Å². The number of para-hydroxylation sites is 2. The molecule has 5 rings (SSSR count). The van der Waals surface area contributed by atoms with Crippen LogP contribution < -0.4 is 20.3 Å². The van der Waals surface area contributed by atoms with Gasteiger partial charge in [0, 0.05) is 37.1 Å². The summed E-state index contributed by atoms with van der Waals surface area (Å²) < 4.78 is 23.8. The van der Waals surface area contributed by atoms with Crippen molar-refractivity contribution in [2.75, 3.05) is 41.0 Å². The Kier molecular flexibility index (Phi) is 8.56. The van der Waals surface area contributed by atoms with Gasteiger partial charge < -0.3 is 38.3 Å². The van der Waals surface area contributed by atoms with E-state index in [4.69, 9.17) is 14.2 Å². The van der Waals surface area contributed by atoms with E-state index in [9.17, 15) is 19.2 Å². The Hall–Kier alpha value is -5.00. The summed E-state index contributed by atoms with van der Waals surface area (Å²) in [5, 5.41) is 4.17. The van der Waals surface area contributed by atoms with E-state index in [-0.39, 0.29) is 41.4 Å². The molecule has 1 saturated heterocycles. The monoisotopic (exact) mass is 590 g/mol. The van der Waals surface area contributed by atoms with Gasteiger partial charge in [0.25, 0.3) is 17.4 Å². The van der Waals surface area contributed by atoms with E-state index < -0.39 is 12.8 Å². The molecule has 2 amide bonds.